The van der Waals surface area contributed by atoms with Crippen LogP contribution in [0.1, 0.15) is 12.7 Å². The Morgan fingerprint density at radius 1 is 1.10 bits per heavy atom. The predicted octanol–water partition coefficient (Wildman–Crippen LogP) is 2.44. The topological polar surface area (TPSA) is 115 Å². The average Bonchev–Trinajstić information content (AvgIpc) is 3.16. The van der Waals surface area contributed by atoms with Crippen LogP contribution in [-0.4, -0.2) is 48.5 Å². The number of amides is 1. The van der Waals surface area contributed by atoms with E-state index in [-0.39, 0.29) is 23.2 Å². The van der Waals surface area contributed by atoms with Crippen LogP contribution in [0.3, 0.4) is 0 Å². The molecule has 9 nitrogen and oxygen atoms in total. The standard InChI is InChI=1S/C20H23N5O4S2/c1-3-21-31(27,28)17-11-9-15(10-12-17)22-19(26)14-30-20-24-23-18(13-29-2)25(20)16-7-5-4-6-8-16/h4-12,21H,3,13-14H2,1-2H3,(H,22,26). The second-order valence-electron chi connectivity index (χ2n) is 6.37. The van der Waals surface area contributed by atoms with Gasteiger partial charge in [-0.05, 0) is 36.4 Å². The lowest BCUT2D eigenvalue weighted by atomic mass is 10.3. The zero-order valence-corrected chi connectivity index (χ0v) is 18.7. The van der Waals surface area contributed by atoms with E-state index >= 15 is 0 Å². The van der Waals surface area contributed by atoms with Gasteiger partial charge in [0.25, 0.3) is 0 Å². The van der Waals surface area contributed by atoms with Gasteiger partial charge in [-0.1, -0.05) is 36.9 Å². The number of nitrogens with zero attached hydrogens (tertiary/aromatic N) is 3. The molecule has 0 aliphatic carbocycles. The van der Waals surface area contributed by atoms with Crippen molar-refractivity contribution in [3.8, 4) is 5.69 Å². The highest BCUT2D eigenvalue weighted by atomic mass is 32.2. The molecule has 0 saturated carbocycles. The lowest BCUT2D eigenvalue weighted by Crippen LogP contribution is -2.23. The molecule has 0 unspecified atom stereocenters. The molecule has 1 aromatic heterocycles. The Bertz CT molecular complexity index is 1120. The molecule has 31 heavy (non-hydrogen) atoms. The molecule has 0 spiro atoms. The molecule has 0 fully saturated rings. The Labute approximate surface area is 185 Å². The third-order valence-corrected chi connectivity index (χ3v) is 6.59. The summed E-state index contributed by atoms with van der Waals surface area (Å²) in [7, 11) is -1.95. The van der Waals surface area contributed by atoms with Gasteiger partial charge in [-0.3, -0.25) is 9.36 Å². The minimum Gasteiger partial charge on any atom is -0.377 e. The highest BCUT2D eigenvalue weighted by Gasteiger charge is 2.16. The van der Waals surface area contributed by atoms with E-state index in [1.807, 2.05) is 34.9 Å². The summed E-state index contributed by atoms with van der Waals surface area (Å²) < 4.78 is 33.5. The van der Waals surface area contributed by atoms with Crippen LogP contribution in [0.25, 0.3) is 5.69 Å². The molecule has 0 atom stereocenters. The number of thioether (sulfide) groups is 1. The summed E-state index contributed by atoms with van der Waals surface area (Å²) in [5.41, 5.74) is 1.38. The number of nitrogens with one attached hydrogen (secondary N) is 2. The number of sulfonamides is 1. The van der Waals surface area contributed by atoms with Crippen LogP contribution in [0.15, 0.2) is 64.6 Å². The van der Waals surface area contributed by atoms with Crippen LogP contribution < -0.4 is 10.0 Å². The fraction of sp³-hybridized carbons (Fsp3) is 0.250. The van der Waals surface area contributed by atoms with Gasteiger partial charge in [0.1, 0.15) is 6.61 Å². The van der Waals surface area contributed by atoms with Gasteiger partial charge in [0.05, 0.1) is 10.6 Å². The Hall–Kier alpha value is -2.73. The largest absolute Gasteiger partial charge is 0.377 e. The molecule has 1 heterocycles. The number of methoxy groups -OCH3 is 1. The van der Waals surface area contributed by atoms with E-state index < -0.39 is 10.0 Å². The number of para-hydroxylation sites is 1. The van der Waals surface area contributed by atoms with E-state index in [0.29, 0.717) is 23.2 Å². The fourth-order valence-corrected chi connectivity index (χ4v) is 4.58. The van der Waals surface area contributed by atoms with E-state index in [4.69, 9.17) is 4.74 Å². The van der Waals surface area contributed by atoms with Crippen LogP contribution in [-0.2, 0) is 26.2 Å². The van der Waals surface area contributed by atoms with Gasteiger partial charge in [0, 0.05) is 25.0 Å². The Morgan fingerprint density at radius 3 is 2.45 bits per heavy atom. The molecule has 3 rings (SSSR count). The van der Waals surface area contributed by atoms with Crippen LogP contribution >= 0.6 is 11.8 Å². The summed E-state index contributed by atoms with van der Waals surface area (Å²) >= 11 is 1.25. The van der Waals surface area contributed by atoms with Gasteiger partial charge in [0.2, 0.25) is 15.9 Å². The van der Waals surface area contributed by atoms with Crippen LogP contribution in [0.4, 0.5) is 5.69 Å². The van der Waals surface area contributed by atoms with Crippen molar-refractivity contribution in [3.05, 3.63) is 60.4 Å². The maximum atomic E-state index is 12.4. The number of aromatic nitrogens is 3. The number of ether oxygens (including phenoxy) is 1. The lowest BCUT2D eigenvalue weighted by Gasteiger charge is -2.10. The first-order chi connectivity index (χ1) is 14.9. The Balaban J connectivity index is 1.66. The fourth-order valence-electron chi connectivity index (χ4n) is 2.77. The summed E-state index contributed by atoms with van der Waals surface area (Å²) in [4.78, 5) is 12.5. The van der Waals surface area contributed by atoms with Gasteiger partial charge in [-0.25, -0.2) is 13.1 Å². The summed E-state index contributed by atoms with van der Waals surface area (Å²) in [5.74, 6) is 0.493. The molecule has 0 radical (unpaired) electrons. The molecule has 1 amide bonds. The molecule has 2 N–H and O–H groups in total. The van der Waals surface area contributed by atoms with Crippen molar-refractivity contribution in [3.63, 3.8) is 0 Å². The quantitative estimate of drug-likeness (QED) is 0.446. The van der Waals surface area contributed by atoms with E-state index in [1.165, 1.54) is 23.9 Å². The number of benzene rings is 2. The Kier molecular flexibility index (Phi) is 7.80. The van der Waals surface area contributed by atoms with E-state index in [2.05, 4.69) is 20.2 Å². The maximum absolute atomic E-state index is 12.4. The van der Waals surface area contributed by atoms with Crippen LogP contribution in [0.2, 0.25) is 0 Å². The Morgan fingerprint density at radius 2 is 1.81 bits per heavy atom. The van der Waals surface area contributed by atoms with E-state index in [9.17, 15) is 13.2 Å². The first-order valence-electron chi connectivity index (χ1n) is 9.45. The summed E-state index contributed by atoms with van der Waals surface area (Å²) in [6.07, 6.45) is 0. The first-order valence-corrected chi connectivity index (χ1v) is 11.9. The van der Waals surface area contributed by atoms with Gasteiger partial charge < -0.3 is 10.1 Å². The zero-order chi connectivity index (χ0) is 22.3. The van der Waals surface area contributed by atoms with Crippen molar-refractivity contribution in [2.45, 2.75) is 23.6 Å². The summed E-state index contributed by atoms with van der Waals surface area (Å²) in [6.45, 7) is 2.30. The molecule has 2 aromatic carbocycles. The van der Waals surface area contributed by atoms with Crippen LogP contribution in [0, 0.1) is 0 Å². The van der Waals surface area contributed by atoms with Gasteiger partial charge >= 0.3 is 0 Å². The maximum Gasteiger partial charge on any atom is 0.240 e. The smallest absolute Gasteiger partial charge is 0.240 e. The van der Waals surface area contributed by atoms with Gasteiger partial charge in [0.15, 0.2) is 11.0 Å². The third kappa shape index (κ3) is 5.91. The molecular formula is C20H23N5O4S2. The van der Waals surface area contributed by atoms with Crippen molar-refractivity contribution in [1.82, 2.24) is 19.5 Å². The molecule has 0 aliphatic heterocycles. The number of carbonyl (C=O) groups excluding carboxylic acids is 1. The monoisotopic (exact) mass is 461 g/mol. The predicted molar refractivity (Wildman–Crippen MR) is 119 cm³/mol. The third-order valence-electron chi connectivity index (χ3n) is 4.10. The lowest BCUT2D eigenvalue weighted by molar-refractivity contribution is -0.113. The highest BCUT2D eigenvalue weighted by Crippen LogP contribution is 2.23. The van der Waals surface area contributed by atoms with E-state index in [1.54, 1.807) is 26.2 Å². The molecule has 0 saturated heterocycles. The first kappa shape index (κ1) is 22.9. The van der Waals surface area contributed by atoms with E-state index in [0.717, 1.165) is 5.69 Å². The highest BCUT2D eigenvalue weighted by molar-refractivity contribution is 7.99. The second kappa shape index (κ2) is 10.5. The normalized spacial score (nSPS) is 11.4. The number of hydrogen-bond donors (Lipinski definition) is 2. The average molecular weight is 462 g/mol. The number of rotatable bonds is 10. The van der Waals surface area contributed by atoms with Gasteiger partial charge in [-0.2, -0.15) is 0 Å². The van der Waals surface area contributed by atoms with Crippen molar-refractivity contribution >= 4 is 33.4 Å². The van der Waals surface area contributed by atoms with Crippen molar-refractivity contribution in [2.24, 2.45) is 0 Å². The molecule has 0 bridgehead atoms. The van der Waals surface area contributed by atoms with Crippen molar-refractivity contribution in [2.75, 3.05) is 24.7 Å². The molecule has 164 valence electrons. The van der Waals surface area contributed by atoms with Gasteiger partial charge in [-0.15, -0.1) is 10.2 Å². The molecule has 0 aliphatic rings. The van der Waals surface area contributed by atoms with Crippen molar-refractivity contribution < 1.29 is 17.9 Å². The minimum absolute atomic E-state index is 0.107. The van der Waals surface area contributed by atoms with Crippen LogP contribution in [0.5, 0.6) is 0 Å². The minimum atomic E-state index is -3.53. The number of carbonyl (C=O) groups is 1. The molecule has 11 heteroatoms. The summed E-state index contributed by atoms with van der Waals surface area (Å²) in [5, 5.41) is 11.7. The van der Waals surface area contributed by atoms with Crippen molar-refractivity contribution in [1.29, 1.82) is 0 Å². The zero-order valence-electron chi connectivity index (χ0n) is 17.1. The summed E-state index contributed by atoms with van der Waals surface area (Å²) in [6, 6.07) is 15.6. The molecular weight excluding hydrogens is 438 g/mol. The molecule has 3 aromatic rings. The number of hydrogen-bond acceptors (Lipinski definition) is 7. The number of anilines is 1. The SMILES string of the molecule is CCNS(=O)(=O)c1ccc(NC(=O)CSc2nnc(COC)n2-c2ccccc2)cc1. The second-order valence-corrected chi connectivity index (χ2v) is 9.07.